The van der Waals surface area contributed by atoms with E-state index in [0.717, 1.165) is 12.8 Å². The van der Waals surface area contributed by atoms with Crippen LogP contribution in [0.25, 0.3) is 10.9 Å². The van der Waals surface area contributed by atoms with Crippen LogP contribution in [-0.2, 0) is 4.79 Å². The first-order valence-electron chi connectivity index (χ1n) is 9.73. The van der Waals surface area contributed by atoms with Crippen LogP contribution in [0.3, 0.4) is 0 Å². The maximum Gasteiger partial charge on any atom is 0.262 e. The molecule has 1 heterocycles. The van der Waals surface area contributed by atoms with E-state index in [0.29, 0.717) is 33.9 Å². The number of amides is 1. The van der Waals surface area contributed by atoms with Crippen molar-refractivity contribution in [3.63, 3.8) is 0 Å². The summed E-state index contributed by atoms with van der Waals surface area (Å²) < 4.78 is 6.99. The van der Waals surface area contributed by atoms with E-state index in [2.05, 4.69) is 5.32 Å². The van der Waals surface area contributed by atoms with Crippen LogP contribution in [0.15, 0.2) is 58.5 Å². The Morgan fingerprint density at radius 3 is 2.79 bits per heavy atom. The number of nitrogens with zero attached hydrogens (tertiary/aromatic N) is 2. The fourth-order valence-corrected chi connectivity index (χ4v) is 4.32. The van der Waals surface area contributed by atoms with Gasteiger partial charge in [0.25, 0.3) is 5.56 Å². The average molecular weight is 410 g/mol. The summed E-state index contributed by atoms with van der Waals surface area (Å²) in [7, 11) is 1.59. The van der Waals surface area contributed by atoms with Gasteiger partial charge in [0.15, 0.2) is 5.16 Å². The van der Waals surface area contributed by atoms with Crippen LogP contribution in [0.4, 0.5) is 5.69 Å². The van der Waals surface area contributed by atoms with E-state index in [1.165, 1.54) is 11.8 Å². The summed E-state index contributed by atoms with van der Waals surface area (Å²) in [6, 6.07) is 14.8. The first kappa shape index (κ1) is 19.5. The summed E-state index contributed by atoms with van der Waals surface area (Å²) >= 11 is 1.36. The van der Waals surface area contributed by atoms with Gasteiger partial charge in [-0.25, -0.2) is 4.98 Å². The molecule has 0 aliphatic heterocycles. The van der Waals surface area contributed by atoms with Crippen LogP contribution in [0, 0.1) is 0 Å². The van der Waals surface area contributed by atoms with Gasteiger partial charge in [0.2, 0.25) is 5.91 Å². The van der Waals surface area contributed by atoms with Gasteiger partial charge in [0.1, 0.15) is 5.75 Å². The van der Waals surface area contributed by atoms with E-state index < -0.39 is 0 Å². The second kappa shape index (κ2) is 8.29. The van der Waals surface area contributed by atoms with Gasteiger partial charge in [-0.05, 0) is 43.5 Å². The molecule has 4 rings (SSSR count). The van der Waals surface area contributed by atoms with Crippen molar-refractivity contribution in [3.8, 4) is 5.75 Å². The number of carbonyl (C=O) groups is 1. The average Bonchev–Trinajstić information content (AvgIpc) is 3.57. The number of thioether (sulfide) groups is 1. The summed E-state index contributed by atoms with van der Waals surface area (Å²) in [6.45, 7) is 1.96. The molecule has 7 heteroatoms. The topological polar surface area (TPSA) is 73.2 Å². The molecule has 2 aromatic carbocycles. The molecule has 1 N–H and O–H groups in total. The van der Waals surface area contributed by atoms with E-state index in [-0.39, 0.29) is 22.8 Å². The van der Waals surface area contributed by atoms with Crippen LogP contribution in [0.5, 0.6) is 5.75 Å². The monoisotopic (exact) mass is 409 g/mol. The molecular formula is C22H23N3O3S. The quantitative estimate of drug-likeness (QED) is 0.466. The number of ether oxygens (including phenoxy) is 1. The van der Waals surface area contributed by atoms with Crippen LogP contribution in [-0.4, -0.2) is 27.8 Å². The van der Waals surface area contributed by atoms with Crippen LogP contribution < -0.4 is 15.6 Å². The van der Waals surface area contributed by atoms with Crippen molar-refractivity contribution in [1.29, 1.82) is 0 Å². The Balaban J connectivity index is 1.62. The van der Waals surface area contributed by atoms with Crippen molar-refractivity contribution in [2.45, 2.75) is 42.6 Å². The third kappa shape index (κ3) is 4.15. The standard InChI is InChI=1S/C22H23N3O3S/c1-3-19(20(26)23-14-7-6-8-16(13-14)28-2)29-22-24-18-10-5-4-9-17(18)21(27)25(22)15-11-12-15/h4-10,13,15,19H,3,11-12H2,1-2H3,(H,23,26). The molecule has 1 amide bonds. The van der Waals surface area contributed by atoms with Gasteiger partial charge in [0, 0.05) is 17.8 Å². The molecule has 1 unspecified atom stereocenters. The maximum atomic E-state index is 13.0. The van der Waals surface area contributed by atoms with Gasteiger partial charge in [-0.1, -0.05) is 36.9 Å². The Morgan fingerprint density at radius 1 is 1.28 bits per heavy atom. The van der Waals surface area contributed by atoms with Crippen molar-refractivity contribution in [2.75, 3.05) is 12.4 Å². The molecular weight excluding hydrogens is 386 g/mol. The van der Waals surface area contributed by atoms with E-state index in [4.69, 9.17) is 9.72 Å². The molecule has 1 saturated carbocycles. The molecule has 0 bridgehead atoms. The summed E-state index contributed by atoms with van der Waals surface area (Å²) in [4.78, 5) is 30.7. The second-order valence-corrected chi connectivity index (χ2v) is 8.22. The Bertz CT molecular complexity index is 1110. The molecule has 1 atom stereocenters. The van der Waals surface area contributed by atoms with Crippen molar-refractivity contribution >= 4 is 34.3 Å². The van der Waals surface area contributed by atoms with Crippen molar-refractivity contribution in [3.05, 3.63) is 58.9 Å². The molecule has 150 valence electrons. The molecule has 3 aromatic rings. The minimum absolute atomic E-state index is 0.0244. The number of nitrogens with one attached hydrogen (secondary N) is 1. The molecule has 1 aliphatic rings. The highest BCUT2D eigenvalue weighted by Gasteiger charge is 2.30. The number of methoxy groups -OCH3 is 1. The van der Waals surface area contributed by atoms with E-state index in [1.54, 1.807) is 17.7 Å². The first-order valence-corrected chi connectivity index (χ1v) is 10.6. The van der Waals surface area contributed by atoms with Crippen LogP contribution in [0.2, 0.25) is 0 Å². The lowest BCUT2D eigenvalue weighted by Gasteiger charge is -2.18. The highest BCUT2D eigenvalue weighted by atomic mass is 32.2. The van der Waals surface area contributed by atoms with Gasteiger partial charge < -0.3 is 10.1 Å². The molecule has 29 heavy (non-hydrogen) atoms. The zero-order valence-electron chi connectivity index (χ0n) is 16.4. The zero-order chi connectivity index (χ0) is 20.4. The number of hydrogen-bond donors (Lipinski definition) is 1. The SMILES string of the molecule is CCC(Sc1nc2ccccc2c(=O)n1C1CC1)C(=O)Nc1cccc(OC)c1. The number of hydrogen-bond acceptors (Lipinski definition) is 5. The lowest BCUT2D eigenvalue weighted by atomic mass is 10.2. The lowest BCUT2D eigenvalue weighted by molar-refractivity contribution is -0.115. The molecule has 6 nitrogen and oxygen atoms in total. The fourth-order valence-electron chi connectivity index (χ4n) is 3.24. The molecule has 1 fully saturated rings. The normalized spacial score (nSPS) is 14.6. The van der Waals surface area contributed by atoms with Crippen molar-refractivity contribution in [1.82, 2.24) is 9.55 Å². The summed E-state index contributed by atoms with van der Waals surface area (Å²) in [5.41, 5.74) is 1.32. The van der Waals surface area contributed by atoms with Gasteiger partial charge in [-0.15, -0.1) is 0 Å². The van der Waals surface area contributed by atoms with E-state index >= 15 is 0 Å². The summed E-state index contributed by atoms with van der Waals surface area (Å²) in [5.74, 6) is 0.567. The number of carbonyl (C=O) groups excluding carboxylic acids is 1. The number of aromatic nitrogens is 2. The molecule has 0 radical (unpaired) electrons. The molecule has 0 saturated heterocycles. The minimum Gasteiger partial charge on any atom is -0.497 e. The Labute approximate surface area is 173 Å². The van der Waals surface area contributed by atoms with Gasteiger partial charge in [0.05, 0.1) is 23.3 Å². The highest BCUT2D eigenvalue weighted by Crippen LogP contribution is 2.38. The predicted octanol–water partition coefficient (Wildman–Crippen LogP) is 4.25. The largest absolute Gasteiger partial charge is 0.497 e. The van der Waals surface area contributed by atoms with Crippen molar-refractivity contribution in [2.24, 2.45) is 0 Å². The van der Waals surface area contributed by atoms with E-state index in [9.17, 15) is 9.59 Å². The summed E-state index contributed by atoms with van der Waals surface area (Å²) in [6.07, 6.45) is 2.56. The lowest BCUT2D eigenvalue weighted by Crippen LogP contribution is -2.28. The smallest absolute Gasteiger partial charge is 0.262 e. The fraction of sp³-hybridized carbons (Fsp3) is 0.318. The number of benzene rings is 2. The highest BCUT2D eigenvalue weighted by molar-refractivity contribution is 8.00. The predicted molar refractivity (Wildman–Crippen MR) is 116 cm³/mol. The molecule has 1 aliphatic carbocycles. The Morgan fingerprint density at radius 2 is 2.07 bits per heavy atom. The Hall–Kier alpha value is -2.80. The third-order valence-corrected chi connectivity index (χ3v) is 6.27. The maximum absolute atomic E-state index is 13.0. The number of para-hydroxylation sites is 1. The molecule has 1 aromatic heterocycles. The summed E-state index contributed by atoms with van der Waals surface area (Å²) in [5, 5.41) is 3.82. The van der Waals surface area contributed by atoms with Gasteiger partial charge in [-0.2, -0.15) is 0 Å². The first-order chi connectivity index (χ1) is 14.1. The number of rotatable bonds is 7. The molecule has 0 spiro atoms. The van der Waals surface area contributed by atoms with Crippen LogP contribution in [0.1, 0.15) is 32.2 Å². The minimum atomic E-state index is -0.362. The zero-order valence-corrected chi connectivity index (χ0v) is 17.2. The number of fused-ring (bicyclic) bond motifs is 1. The van der Waals surface area contributed by atoms with Gasteiger partial charge in [-0.3, -0.25) is 14.2 Å². The van der Waals surface area contributed by atoms with Crippen LogP contribution >= 0.6 is 11.8 Å². The van der Waals surface area contributed by atoms with Gasteiger partial charge >= 0.3 is 0 Å². The van der Waals surface area contributed by atoms with E-state index in [1.807, 2.05) is 49.4 Å². The Kier molecular flexibility index (Phi) is 5.58. The number of anilines is 1. The second-order valence-electron chi connectivity index (χ2n) is 7.05. The van der Waals surface area contributed by atoms with Crippen molar-refractivity contribution < 1.29 is 9.53 Å². The third-order valence-electron chi connectivity index (χ3n) is 4.94.